The molecular formula is C20H15ClN2O6. The summed E-state index contributed by atoms with van der Waals surface area (Å²) in [6.45, 7) is 0.202. The molecule has 0 aliphatic heterocycles. The molecule has 0 aliphatic carbocycles. The molecule has 148 valence electrons. The zero-order chi connectivity index (χ0) is 20.8. The van der Waals surface area contributed by atoms with Crippen molar-refractivity contribution in [3.8, 4) is 11.5 Å². The Kier molecular flexibility index (Phi) is 6.25. The minimum absolute atomic E-state index is 0.0486. The maximum Gasteiger partial charge on any atom is 0.379 e. The quantitative estimate of drug-likeness (QED) is 0.325. The Morgan fingerprint density at radius 2 is 1.97 bits per heavy atom. The van der Waals surface area contributed by atoms with E-state index in [0.717, 1.165) is 5.56 Å². The van der Waals surface area contributed by atoms with E-state index in [9.17, 15) is 9.59 Å². The third-order valence-electron chi connectivity index (χ3n) is 3.77. The first-order valence-corrected chi connectivity index (χ1v) is 8.68. The Labute approximate surface area is 170 Å². The van der Waals surface area contributed by atoms with E-state index in [1.54, 1.807) is 30.3 Å². The van der Waals surface area contributed by atoms with Crippen LogP contribution in [0.4, 0.5) is 5.69 Å². The number of hydrogen-bond donors (Lipinski definition) is 1. The Bertz CT molecular complexity index is 1060. The minimum Gasteiger partial charge on any atom is -0.493 e. The molecule has 29 heavy (non-hydrogen) atoms. The van der Waals surface area contributed by atoms with Crippen LogP contribution in [-0.2, 0) is 6.54 Å². The Morgan fingerprint density at radius 1 is 1.14 bits per heavy atom. The molecule has 9 heteroatoms. The average Bonchev–Trinajstić information content (AvgIpc) is 3.25. The third kappa shape index (κ3) is 4.99. The number of azo groups is 1. The summed E-state index contributed by atoms with van der Waals surface area (Å²) in [5.41, 5.74) is 1.06. The van der Waals surface area contributed by atoms with Crippen molar-refractivity contribution >= 4 is 29.2 Å². The van der Waals surface area contributed by atoms with Crippen LogP contribution in [0.3, 0.4) is 0 Å². The van der Waals surface area contributed by atoms with Crippen molar-refractivity contribution in [3.63, 3.8) is 0 Å². The molecule has 1 aromatic heterocycles. The summed E-state index contributed by atoms with van der Waals surface area (Å²) in [7, 11) is 1.45. The van der Waals surface area contributed by atoms with E-state index in [0.29, 0.717) is 11.4 Å². The van der Waals surface area contributed by atoms with Gasteiger partial charge in [0.2, 0.25) is 5.76 Å². The fourth-order valence-electron chi connectivity index (χ4n) is 2.38. The number of rotatable bonds is 7. The molecule has 0 aliphatic rings. The number of methoxy groups -OCH3 is 1. The largest absolute Gasteiger partial charge is 0.493 e. The maximum absolute atomic E-state index is 12.0. The summed E-state index contributed by atoms with van der Waals surface area (Å²) >= 11 is 5.83. The normalized spacial score (nSPS) is 10.8. The van der Waals surface area contributed by atoms with Crippen LogP contribution in [0.1, 0.15) is 26.5 Å². The van der Waals surface area contributed by atoms with E-state index in [2.05, 4.69) is 10.2 Å². The molecule has 0 amide bonds. The van der Waals surface area contributed by atoms with E-state index < -0.39 is 11.9 Å². The number of carbonyl (C=O) groups is 2. The second-order valence-corrected chi connectivity index (χ2v) is 6.13. The lowest BCUT2D eigenvalue weighted by molar-refractivity contribution is 0.0687. The molecule has 2 aromatic carbocycles. The monoisotopic (exact) mass is 414 g/mol. The lowest BCUT2D eigenvalue weighted by Crippen LogP contribution is -2.08. The number of carboxylic acids is 1. The molecule has 0 spiro atoms. The zero-order valence-electron chi connectivity index (χ0n) is 15.2. The molecule has 1 N–H and O–H groups in total. The first-order valence-electron chi connectivity index (χ1n) is 8.31. The van der Waals surface area contributed by atoms with Gasteiger partial charge in [0.05, 0.1) is 36.2 Å². The fourth-order valence-corrected chi connectivity index (χ4v) is 2.58. The van der Waals surface area contributed by atoms with Crippen molar-refractivity contribution < 1.29 is 28.6 Å². The molecule has 0 unspecified atom stereocenters. The molecule has 3 rings (SSSR count). The van der Waals surface area contributed by atoms with Crippen molar-refractivity contribution in [3.05, 3.63) is 76.7 Å². The lowest BCUT2D eigenvalue weighted by Gasteiger charge is -2.09. The van der Waals surface area contributed by atoms with Gasteiger partial charge in [-0.15, -0.1) is 0 Å². The highest BCUT2D eigenvalue weighted by atomic mass is 35.5. The predicted molar refractivity (Wildman–Crippen MR) is 103 cm³/mol. The van der Waals surface area contributed by atoms with Crippen LogP contribution in [0.2, 0.25) is 5.02 Å². The number of benzene rings is 2. The summed E-state index contributed by atoms with van der Waals surface area (Å²) in [6, 6.07) is 12.4. The Hall–Kier alpha value is -3.65. The minimum atomic E-state index is -1.14. The molecular weight excluding hydrogens is 400 g/mol. The summed E-state index contributed by atoms with van der Waals surface area (Å²) in [5.74, 6) is -1.13. The van der Waals surface area contributed by atoms with E-state index in [-0.39, 0.29) is 28.6 Å². The molecule has 0 saturated heterocycles. The van der Waals surface area contributed by atoms with Gasteiger partial charge in [-0.05, 0) is 48.0 Å². The van der Waals surface area contributed by atoms with Crippen molar-refractivity contribution in [2.45, 2.75) is 6.54 Å². The number of nitrogens with zero attached hydrogens (tertiary/aromatic N) is 2. The Morgan fingerprint density at radius 3 is 2.66 bits per heavy atom. The molecule has 0 radical (unpaired) electrons. The molecule has 8 nitrogen and oxygen atoms in total. The van der Waals surface area contributed by atoms with Gasteiger partial charge >= 0.3 is 11.9 Å². The zero-order valence-corrected chi connectivity index (χ0v) is 15.9. The number of halogens is 1. The van der Waals surface area contributed by atoms with Crippen LogP contribution < -0.4 is 9.47 Å². The van der Waals surface area contributed by atoms with Crippen molar-refractivity contribution in [2.75, 3.05) is 7.11 Å². The van der Waals surface area contributed by atoms with Crippen LogP contribution in [0.5, 0.6) is 11.5 Å². The van der Waals surface area contributed by atoms with Gasteiger partial charge in [-0.2, -0.15) is 10.2 Å². The third-order valence-corrected chi connectivity index (χ3v) is 4.10. The van der Waals surface area contributed by atoms with E-state index in [1.807, 2.05) is 0 Å². The van der Waals surface area contributed by atoms with Crippen LogP contribution in [0, 0.1) is 0 Å². The molecule has 0 fully saturated rings. The second-order valence-electron chi connectivity index (χ2n) is 5.72. The molecule has 0 bridgehead atoms. The smallest absolute Gasteiger partial charge is 0.379 e. The molecule has 0 saturated carbocycles. The number of ether oxygens (including phenoxy) is 2. The van der Waals surface area contributed by atoms with Gasteiger partial charge in [0.1, 0.15) is 0 Å². The van der Waals surface area contributed by atoms with Crippen LogP contribution >= 0.6 is 11.6 Å². The molecule has 3 aromatic rings. The topological polar surface area (TPSA) is 111 Å². The summed E-state index contributed by atoms with van der Waals surface area (Å²) in [6.07, 6.45) is 1.38. The summed E-state index contributed by atoms with van der Waals surface area (Å²) in [5, 5.41) is 17.3. The highest BCUT2D eigenvalue weighted by Gasteiger charge is 2.15. The van der Waals surface area contributed by atoms with E-state index in [1.165, 1.54) is 31.6 Å². The van der Waals surface area contributed by atoms with Gasteiger partial charge in [0, 0.05) is 0 Å². The maximum atomic E-state index is 12.0. The van der Waals surface area contributed by atoms with Gasteiger partial charge in [-0.25, -0.2) is 9.59 Å². The van der Waals surface area contributed by atoms with E-state index in [4.69, 9.17) is 30.6 Å². The van der Waals surface area contributed by atoms with Crippen molar-refractivity contribution in [1.29, 1.82) is 0 Å². The molecule has 1 heterocycles. The number of hydrogen-bond acceptors (Lipinski definition) is 7. The highest BCUT2D eigenvalue weighted by molar-refractivity contribution is 6.33. The Balaban J connectivity index is 1.70. The first kappa shape index (κ1) is 20.1. The van der Waals surface area contributed by atoms with Gasteiger partial charge in [-0.3, -0.25) is 0 Å². The number of carbonyl (C=O) groups excluding carboxylic acids is 1. The van der Waals surface area contributed by atoms with Crippen LogP contribution in [0.15, 0.2) is 69.4 Å². The summed E-state index contributed by atoms with van der Waals surface area (Å²) < 4.78 is 15.5. The number of aromatic carboxylic acids is 1. The fraction of sp³-hybridized carbons (Fsp3) is 0.100. The van der Waals surface area contributed by atoms with Gasteiger partial charge < -0.3 is 19.0 Å². The second kappa shape index (κ2) is 9.03. The van der Waals surface area contributed by atoms with Gasteiger partial charge in [0.25, 0.3) is 0 Å². The number of furan rings is 1. The van der Waals surface area contributed by atoms with Crippen molar-refractivity contribution in [2.24, 2.45) is 10.2 Å². The van der Waals surface area contributed by atoms with Crippen LogP contribution in [0.25, 0.3) is 0 Å². The standard InChI is InChI=1S/C20H15ClN2O6/c1-27-18-9-12(4-7-16(18)29-20(26)17-3-2-8-28-17)11-22-23-13-5-6-15(21)14(10-13)19(24)25/h2-10H,11H2,1H3,(H,24,25). The van der Waals surface area contributed by atoms with E-state index >= 15 is 0 Å². The molecule has 0 atom stereocenters. The van der Waals surface area contributed by atoms with Gasteiger partial charge in [0.15, 0.2) is 11.5 Å². The number of esters is 1. The number of carboxylic acid groups (broad SMARTS) is 1. The predicted octanol–water partition coefficient (Wildman–Crippen LogP) is 5.14. The highest BCUT2D eigenvalue weighted by Crippen LogP contribution is 2.29. The van der Waals surface area contributed by atoms with Gasteiger partial charge in [-0.1, -0.05) is 17.7 Å². The summed E-state index contributed by atoms with van der Waals surface area (Å²) in [4.78, 5) is 23.1. The lowest BCUT2D eigenvalue weighted by atomic mass is 10.2. The average molecular weight is 415 g/mol. The van der Waals surface area contributed by atoms with Crippen LogP contribution in [-0.4, -0.2) is 24.2 Å². The first-order chi connectivity index (χ1) is 14.0. The van der Waals surface area contributed by atoms with Crippen molar-refractivity contribution in [1.82, 2.24) is 0 Å². The SMILES string of the molecule is COc1cc(CN=Nc2ccc(Cl)c(C(=O)O)c2)ccc1OC(=O)c1ccco1.